The first-order valence-electron chi connectivity index (χ1n) is 10.6. The van der Waals surface area contributed by atoms with Crippen molar-refractivity contribution in [2.45, 2.75) is 25.0 Å². The second-order valence-electron chi connectivity index (χ2n) is 7.73. The number of halogens is 1. The van der Waals surface area contributed by atoms with Crippen LogP contribution in [0.5, 0.6) is 11.5 Å². The predicted molar refractivity (Wildman–Crippen MR) is 118 cm³/mol. The zero-order valence-corrected chi connectivity index (χ0v) is 18.1. The number of hydrogen-bond acceptors (Lipinski definition) is 9. The Morgan fingerprint density at radius 3 is 2.85 bits per heavy atom. The van der Waals surface area contributed by atoms with Gasteiger partial charge in [-0.1, -0.05) is 0 Å². The van der Waals surface area contributed by atoms with Gasteiger partial charge in [-0.25, -0.2) is 14.8 Å². The summed E-state index contributed by atoms with van der Waals surface area (Å²) in [5.41, 5.74) is 6.68. The highest BCUT2D eigenvalue weighted by Gasteiger charge is 2.31. The largest absolute Gasteiger partial charge is 0.486 e. The van der Waals surface area contributed by atoms with E-state index in [9.17, 15) is 9.18 Å². The standard InChI is InChI=1S/C21H24FN7O4/c1-23-18-9-17(25-14-7-11(22)8-16-19(14)33-6-5-32-16)26-20-12(10-24-29(18)20)21(30)28-27-13-3-4-15(13)31-2/h7-10,13,15,23,27H,3-6H2,1-2H3,(H,25,26)(H,28,30). The van der Waals surface area contributed by atoms with E-state index in [0.29, 0.717) is 47.7 Å². The SMILES string of the molecule is CNc1cc(Nc2cc(F)cc3c2OCCO3)nc2c(C(=O)NNC3CCC3OC)cnn12. The highest BCUT2D eigenvalue weighted by atomic mass is 19.1. The molecule has 11 nitrogen and oxygen atoms in total. The number of methoxy groups -OCH3 is 1. The van der Waals surface area contributed by atoms with Crippen molar-refractivity contribution in [3.8, 4) is 11.5 Å². The van der Waals surface area contributed by atoms with Crippen LogP contribution >= 0.6 is 0 Å². The molecule has 1 aliphatic heterocycles. The highest BCUT2D eigenvalue weighted by Crippen LogP contribution is 2.40. The first-order chi connectivity index (χ1) is 16.1. The molecule has 2 atom stereocenters. The monoisotopic (exact) mass is 457 g/mol. The van der Waals surface area contributed by atoms with Gasteiger partial charge in [0.15, 0.2) is 17.1 Å². The summed E-state index contributed by atoms with van der Waals surface area (Å²) < 4.78 is 32.1. The molecule has 1 saturated carbocycles. The quantitative estimate of drug-likeness (QED) is 0.394. The number of hydrogen-bond donors (Lipinski definition) is 4. The summed E-state index contributed by atoms with van der Waals surface area (Å²) in [5, 5.41) is 10.4. The third-order valence-corrected chi connectivity index (χ3v) is 5.73. The maximum atomic E-state index is 14.1. The van der Waals surface area contributed by atoms with E-state index in [1.807, 2.05) is 0 Å². The number of nitrogens with zero attached hydrogens (tertiary/aromatic N) is 3. The number of ether oxygens (including phenoxy) is 3. The van der Waals surface area contributed by atoms with Gasteiger partial charge in [-0.3, -0.25) is 10.2 Å². The molecule has 33 heavy (non-hydrogen) atoms. The average molecular weight is 457 g/mol. The Balaban J connectivity index is 1.44. The third-order valence-electron chi connectivity index (χ3n) is 5.73. The number of anilines is 3. The minimum absolute atomic E-state index is 0.0558. The number of fused-ring (bicyclic) bond motifs is 2. The lowest BCUT2D eigenvalue weighted by molar-refractivity contribution is 0.00166. The van der Waals surface area contributed by atoms with Crippen LogP contribution in [-0.2, 0) is 4.74 Å². The smallest absolute Gasteiger partial charge is 0.270 e. The van der Waals surface area contributed by atoms with Gasteiger partial charge in [0.1, 0.15) is 36.2 Å². The molecule has 0 radical (unpaired) electrons. The molecule has 12 heteroatoms. The summed E-state index contributed by atoms with van der Waals surface area (Å²) in [6.07, 6.45) is 3.37. The van der Waals surface area contributed by atoms with Gasteiger partial charge in [-0.05, 0) is 12.8 Å². The van der Waals surface area contributed by atoms with Crippen molar-refractivity contribution in [3.05, 3.63) is 35.8 Å². The zero-order chi connectivity index (χ0) is 22.9. The van der Waals surface area contributed by atoms with Crippen LogP contribution in [0.2, 0.25) is 0 Å². The second-order valence-corrected chi connectivity index (χ2v) is 7.73. The summed E-state index contributed by atoms with van der Waals surface area (Å²) >= 11 is 0. The van der Waals surface area contributed by atoms with Gasteiger partial charge in [-0.15, -0.1) is 0 Å². The first kappa shape index (κ1) is 21.2. The van der Waals surface area contributed by atoms with Gasteiger partial charge < -0.3 is 24.8 Å². The Kier molecular flexibility index (Phi) is 5.60. The van der Waals surface area contributed by atoms with Crippen molar-refractivity contribution in [3.63, 3.8) is 0 Å². The van der Waals surface area contributed by atoms with Crippen molar-refractivity contribution in [1.29, 1.82) is 0 Å². The van der Waals surface area contributed by atoms with Gasteiger partial charge >= 0.3 is 0 Å². The zero-order valence-electron chi connectivity index (χ0n) is 18.1. The highest BCUT2D eigenvalue weighted by molar-refractivity contribution is 5.99. The maximum Gasteiger partial charge on any atom is 0.270 e. The second kappa shape index (κ2) is 8.71. The molecule has 0 bridgehead atoms. The molecule has 174 valence electrons. The minimum Gasteiger partial charge on any atom is -0.486 e. The van der Waals surface area contributed by atoms with E-state index >= 15 is 0 Å². The number of amides is 1. The Hall–Kier alpha value is -3.64. The normalized spacial score (nSPS) is 19.1. The molecule has 1 aliphatic carbocycles. The van der Waals surface area contributed by atoms with E-state index in [1.165, 1.54) is 22.8 Å². The molecule has 1 aromatic carbocycles. The molecule has 5 rings (SSSR count). The predicted octanol–water partition coefficient (Wildman–Crippen LogP) is 1.84. The number of benzene rings is 1. The molecule has 0 spiro atoms. The maximum absolute atomic E-state index is 14.1. The first-order valence-corrected chi connectivity index (χ1v) is 10.6. The van der Waals surface area contributed by atoms with Crippen LogP contribution in [0.15, 0.2) is 24.4 Å². The van der Waals surface area contributed by atoms with Crippen molar-refractivity contribution in [2.24, 2.45) is 0 Å². The number of carbonyl (C=O) groups is 1. The Morgan fingerprint density at radius 2 is 2.09 bits per heavy atom. The van der Waals surface area contributed by atoms with E-state index < -0.39 is 5.82 Å². The Labute approximate surface area is 188 Å². The fourth-order valence-corrected chi connectivity index (χ4v) is 3.86. The number of aromatic nitrogens is 3. The topological polar surface area (TPSA) is 123 Å². The van der Waals surface area contributed by atoms with Crippen LogP contribution in [0, 0.1) is 5.82 Å². The fraction of sp³-hybridized carbons (Fsp3) is 0.381. The Morgan fingerprint density at radius 1 is 1.24 bits per heavy atom. The van der Waals surface area contributed by atoms with Crippen molar-refractivity contribution >= 4 is 28.9 Å². The Bertz CT molecular complexity index is 1200. The number of carbonyl (C=O) groups excluding carboxylic acids is 1. The molecule has 4 N–H and O–H groups in total. The number of rotatable bonds is 7. The number of hydrazine groups is 1. The van der Waals surface area contributed by atoms with Crippen LogP contribution in [0.25, 0.3) is 5.65 Å². The van der Waals surface area contributed by atoms with E-state index in [0.717, 1.165) is 12.8 Å². The van der Waals surface area contributed by atoms with Crippen molar-refractivity contribution < 1.29 is 23.4 Å². The van der Waals surface area contributed by atoms with Gasteiger partial charge in [0.25, 0.3) is 5.91 Å². The van der Waals surface area contributed by atoms with E-state index in [4.69, 9.17) is 14.2 Å². The van der Waals surface area contributed by atoms with Crippen LogP contribution in [0.4, 0.5) is 21.7 Å². The molecule has 1 fully saturated rings. The van der Waals surface area contributed by atoms with Crippen molar-refractivity contribution in [2.75, 3.05) is 38.0 Å². The van der Waals surface area contributed by atoms with Crippen LogP contribution in [-0.4, -0.2) is 60.0 Å². The van der Waals surface area contributed by atoms with E-state index in [-0.39, 0.29) is 23.6 Å². The summed E-state index contributed by atoms with van der Waals surface area (Å²) in [6.45, 7) is 0.699. The number of nitrogens with one attached hydrogen (secondary N) is 4. The molecule has 2 aromatic heterocycles. The van der Waals surface area contributed by atoms with Crippen molar-refractivity contribution in [1.82, 2.24) is 25.4 Å². The van der Waals surface area contributed by atoms with Crippen LogP contribution in [0.3, 0.4) is 0 Å². The lowest BCUT2D eigenvalue weighted by Gasteiger charge is -2.35. The summed E-state index contributed by atoms with van der Waals surface area (Å²) in [6, 6.07) is 4.33. The summed E-state index contributed by atoms with van der Waals surface area (Å²) in [4.78, 5) is 17.4. The summed E-state index contributed by atoms with van der Waals surface area (Å²) in [5.74, 6) is 0.819. The third kappa shape index (κ3) is 3.98. The van der Waals surface area contributed by atoms with Crippen LogP contribution < -0.4 is 31.0 Å². The molecule has 2 aliphatic rings. The summed E-state index contributed by atoms with van der Waals surface area (Å²) in [7, 11) is 3.38. The van der Waals surface area contributed by atoms with Gasteiger partial charge in [0.05, 0.1) is 24.0 Å². The molecule has 1 amide bonds. The van der Waals surface area contributed by atoms with E-state index in [2.05, 4.69) is 31.6 Å². The van der Waals surface area contributed by atoms with Gasteiger partial charge in [-0.2, -0.15) is 9.61 Å². The molecule has 2 unspecified atom stereocenters. The fourth-order valence-electron chi connectivity index (χ4n) is 3.86. The molecule has 3 aromatic rings. The molecule has 3 heterocycles. The molecular weight excluding hydrogens is 433 g/mol. The van der Waals surface area contributed by atoms with Crippen LogP contribution in [0.1, 0.15) is 23.2 Å². The molecule has 0 saturated heterocycles. The van der Waals surface area contributed by atoms with E-state index in [1.54, 1.807) is 20.2 Å². The molecular formula is C21H24FN7O4. The van der Waals surface area contributed by atoms with Gasteiger partial charge in [0, 0.05) is 32.4 Å². The average Bonchev–Trinajstić information content (AvgIpc) is 3.22. The minimum atomic E-state index is -0.475. The lowest BCUT2D eigenvalue weighted by Crippen LogP contribution is -2.55. The lowest BCUT2D eigenvalue weighted by atomic mass is 9.90. The van der Waals surface area contributed by atoms with Gasteiger partial charge in [0.2, 0.25) is 0 Å².